The molecule has 1 spiro atoms. The van der Waals surface area contributed by atoms with E-state index < -0.39 is 13.9 Å². The summed E-state index contributed by atoms with van der Waals surface area (Å²) in [5.74, 6) is -0.249. The Morgan fingerprint density at radius 1 is 1.11 bits per heavy atom. The molecule has 3 heterocycles. The Morgan fingerprint density at radius 3 is 2.56 bits per heavy atom. The summed E-state index contributed by atoms with van der Waals surface area (Å²) in [5, 5.41) is 17.4. The molecule has 2 aromatic carbocycles. The van der Waals surface area contributed by atoms with Gasteiger partial charge in [0.1, 0.15) is 0 Å². The first-order valence-electron chi connectivity index (χ1n) is 12.6. The number of rotatable bonds is 8. The number of aliphatic hydroxyl groups excluding tert-OH is 1. The molecule has 3 aromatic rings. The van der Waals surface area contributed by atoms with E-state index in [1.807, 2.05) is 78.8 Å². The molecule has 1 fully saturated rings. The van der Waals surface area contributed by atoms with Crippen molar-refractivity contribution < 1.29 is 19.4 Å². The predicted molar refractivity (Wildman–Crippen MR) is 139 cm³/mol. The monoisotopic (exact) mass is 506 g/mol. The van der Waals surface area contributed by atoms with Crippen LogP contribution in [-0.2, 0) is 34.6 Å². The molecule has 2 N–H and O–H groups in total. The zero-order valence-electron chi connectivity index (χ0n) is 21.0. The fourth-order valence-corrected chi connectivity index (χ4v) is 8.76. The van der Waals surface area contributed by atoms with Crippen molar-refractivity contribution in [3.8, 4) is 0 Å². The molecule has 1 amide bonds. The normalized spacial score (nSPS) is 25.6. The number of aryl methyl sites for hydroxylation is 1. The Balaban J connectivity index is 1.48. The van der Waals surface area contributed by atoms with Crippen molar-refractivity contribution in [3.05, 3.63) is 77.6 Å². The Hall–Kier alpha value is -2.85. The maximum atomic E-state index is 14.3. The van der Waals surface area contributed by atoms with E-state index in [2.05, 4.69) is 17.2 Å². The Morgan fingerprint density at radius 2 is 1.83 bits per heavy atom. The van der Waals surface area contributed by atoms with Crippen LogP contribution in [-0.4, -0.2) is 51.8 Å². The van der Waals surface area contributed by atoms with E-state index in [1.165, 1.54) is 0 Å². The lowest BCUT2D eigenvalue weighted by Gasteiger charge is -2.32. The Labute approximate surface area is 212 Å². The quantitative estimate of drug-likeness (QED) is 0.455. The number of para-hydroxylation sites is 1. The number of hydrogen-bond acceptors (Lipinski definition) is 6. The highest BCUT2D eigenvalue weighted by Gasteiger charge is 2.66. The highest BCUT2D eigenvalue weighted by molar-refractivity contribution is 6.71. The molecular formula is C27H34N4O4Si. The molecule has 0 aliphatic carbocycles. The maximum Gasteiger partial charge on any atom is 0.264 e. The van der Waals surface area contributed by atoms with E-state index in [0.29, 0.717) is 25.9 Å². The average molecular weight is 507 g/mol. The first kappa shape index (κ1) is 24.8. The second-order valence-corrected chi connectivity index (χ2v) is 14.5. The second-order valence-electron chi connectivity index (χ2n) is 10.5. The fourth-order valence-electron chi connectivity index (χ4n) is 6.16. The zero-order valence-corrected chi connectivity index (χ0v) is 22.0. The van der Waals surface area contributed by atoms with Crippen molar-refractivity contribution in [3.63, 3.8) is 0 Å². The molecule has 0 saturated carbocycles. The minimum atomic E-state index is -2.71. The van der Waals surface area contributed by atoms with Gasteiger partial charge in [-0.05, 0) is 31.1 Å². The lowest BCUT2D eigenvalue weighted by atomic mass is 9.82. The van der Waals surface area contributed by atoms with Gasteiger partial charge in [0.15, 0.2) is 13.9 Å². The van der Waals surface area contributed by atoms with E-state index >= 15 is 0 Å². The number of amides is 1. The van der Waals surface area contributed by atoms with Crippen LogP contribution in [0.25, 0.3) is 0 Å². The van der Waals surface area contributed by atoms with Gasteiger partial charge in [0.25, 0.3) is 5.91 Å². The van der Waals surface area contributed by atoms with Crippen LogP contribution in [0, 0.1) is 5.92 Å². The van der Waals surface area contributed by atoms with Crippen molar-refractivity contribution in [2.24, 2.45) is 5.92 Å². The molecule has 190 valence electrons. The maximum absolute atomic E-state index is 14.3. The van der Waals surface area contributed by atoms with Crippen molar-refractivity contribution in [2.45, 2.75) is 63.2 Å². The largest absolute Gasteiger partial charge is 0.432 e. The first-order chi connectivity index (χ1) is 17.3. The van der Waals surface area contributed by atoms with Gasteiger partial charge in [-0.2, -0.15) is 0 Å². The van der Waals surface area contributed by atoms with Gasteiger partial charge >= 0.3 is 0 Å². The molecule has 2 aliphatic heterocycles. The van der Waals surface area contributed by atoms with Gasteiger partial charge in [-0.25, -0.2) is 0 Å². The summed E-state index contributed by atoms with van der Waals surface area (Å²) >= 11 is 0. The van der Waals surface area contributed by atoms with Gasteiger partial charge in [0.2, 0.25) is 0 Å². The second kappa shape index (κ2) is 9.55. The smallest absolute Gasteiger partial charge is 0.264 e. The number of fused-ring (bicyclic) bond motifs is 2. The topological polar surface area (TPSA) is 101 Å². The van der Waals surface area contributed by atoms with Gasteiger partial charge in [0, 0.05) is 42.8 Å². The molecule has 1 saturated heterocycles. The summed E-state index contributed by atoms with van der Waals surface area (Å²) in [6.45, 7) is 6.98. The van der Waals surface area contributed by atoms with Crippen LogP contribution in [0.2, 0.25) is 18.6 Å². The van der Waals surface area contributed by atoms with Crippen molar-refractivity contribution >= 4 is 19.9 Å². The van der Waals surface area contributed by atoms with Crippen molar-refractivity contribution in [2.75, 3.05) is 11.5 Å². The number of aromatic nitrogens is 3. The van der Waals surface area contributed by atoms with Crippen LogP contribution in [0.1, 0.15) is 30.2 Å². The van der Waals surface area contributed by atoms with Crippen LogP contribution in [0.3, 0.4) is 0 Å². The molecule has 0 unspecified atom stereocenters. The molecule has 0 bridgehead atoms. The van der Waals surface area contributed by atoms with Crippen LogP contribution < -0.4 is 4.90 Å². The lowest BCUT2D eigenvalue weighted by molar-refractivity contribution is -0.146. The lowest BCUT2D eigenvalue weighted by Crippen LogP contribution is -2.46. The number of anilines is 1. The summed E-state index contributed by atoms with van der Waals surface area (Å²) in [7, 11) is -2.71. The molecule has 5 rings (SSSR count). The fraction of sp³-hybridized carbons (Fsp3) is 0.444. The van der Waals surface area contributed by atoms with Crippen LogP contribution in [0.15, 0.2) is 60.8 Å². The molecule has 36 heavy (non-hydrogen) atoms. The van der Waals surface area contributed by atoms with E-state index in [9.17, 15) is 9.59 Å². The van der Waals surface area contributed by atoms with Crippen molar-refractivity contribution in [1.82, 2.24) is 15.0 Å². The minimum Gasteiger partial charge on any atom is -0.432 e. The summed E-state index contributed by atoms with van der Waals surface area (Å²) in [6.07, 6.45) is 2.59. The molecule has 2 aliphatic rings. The number of ether oxygens (including phenoxy) is 1. The predicted octanol–water partition coefficient (Wildman–Crippen LogP) is 3.25. The summed E-state index contributed by atoms with van der Waals surface area (Å²) in [5.41, 5.74) is 2.29. The number of carbonyl (C=O) groups excluding carboxylic acids is 1. The molecule has 0 radical (unpaired) electrons. The highest BCUT2D eigenvalue weighted by Crippen LogP contribution is 2.59. The van der Waals surface area contributed by atoms with Gasteiger partial charge in [-0.3, -0.25) is 9.48 Å². The van der Waals surface area contributed by atoms with E-state index in [-0.39, 0.29) is 30.1 Å². The van der Waals surface area contributed by atoms with Gasteiger partial charge in [-0.15, -0.1) is 5.10 Å². The van der Waals surface area contributed by atoms with Gasteiger partial charge < -0.3 is 19.5 Å². The van der Waals surface area contributed by atoms with Crippen molar-refractivity contribution in [1.29, 1.82) is 0 Å². The number of nitrogens with zero attached hydrogens (tertiary/aromatic N) is 4. The number of hydrogen-bond donors (Lipinski definition) is 2. The van der Waals surface area contributed by atoms with Crippen LogP contribution >= 0.6 is 0 Å². The number of aliphatic hydroxyl groups is 1. The minimum absolute atomic E-state index is 0.0256. The van der Waals surface area contributed by atoms with E-state index in [1.54, 1.807) is 4.68 Å². The molecule has 9 heteroatoms. The summed E-state index contributed by atoms with van der Waals surface area (Å²) in [4.78, 5) is 27.5. The van der Waals surface area contributed by atoms with Crippen LogP contribution in [0.4, 0.5) is 5.69 Å². The van der Waals surface area contributed by atoms with E-state index in [0.717, 1.165) is 22.5 Å². The molecule has 4 atom stereocenters. The third kappa shape index (κ3) is 4.19. The molecule has 1 aromatic heterocycles. The van der Waals surface area contributed by atoms with E-state index in [4.69, 9.17) is 9.84 Å². The number of benzene rings is 2. The summed E-state index contributed by atoms with van der Waals surface area (Å²) < 4.78 is 8.58. The Bertz CT molecular complexity index is 1230. The summed E-state index contributed by atoms with van der Waals surface area (Å²) in [6, 6.07) is 17.9. The highest BCUT2D eigenvalue weighted by atomic mass is 28.4. The van der Waals surface area contributed by atoms with Gasteiger partial charge in [-0.1, -0.05) is 60.7 Å². The zero-order chi connectivity index (χ0) is 25.5. The third-order valence-electron chi connectivity index (χ3n) is 7.67. The average Bonchev–Trinajstić information content (AvgIpc) is 3.49. The van der Waals surface area contributed by atoms with Gasteiger partial charge in [0.05, 0.1) is 24.0 Å². The number of carbonyl (C=O) groups is 1. The molecule has 8 nitrogen and oxygen atoms in total. The standard InChI is InChI=1S/C27H34N4O4Si/c1-19-25(36(2,3)34)24(13-15-30-18-21(14-16-32)28-29-30)35-27(19)22-11-7-8-12-23(22)31(26(27)33)17-20-9-5-4-6-10-20/h4-12,18-19,24-25,32,34H,13-17H2,1-3H3/t19-,24+,25-,27+/m0/s1. The third-order valence-corrected chi connectivity index (χ3v) is 10.2. The van der Waals surface area contributed by atoms with Crippen LogP contribution in [0.5, 0.6) is 0 Å². The first-order valence-corrected chi connectivity index (χ1v) is 15.6. The molecular weight excluding hydrogens is 472 g/mol. The SMILES string of the molecule is C[C@H]1[C@H]([Si](C)(C)O)[C@@H](CCn2cc(CCO)nn2)O[C@]12C(=O)N(Cc1ccccc1)c1ccccc12. The Kier molecular flexibility index (Phi) is 6.59.